The standard InChI is InChI=1S/C14H17ClN2O/c1-8(2)7-16-14(18)13-9(3)11-5-4-10(15)6-12(11)17-13/h4-6,8,17H,7H2,1-3H3,(H,16,18). The monoisotopic (exact) mass is 264 g/mol. The number of hydrogen-bond acceptors (Lipinski definition) is 1. The van der Waals surface area contributed by atoms with Crippen molar-refractivity contribution in [2.75, 3.05) is 6.54 Å². The Morgan fingerprint density at radius 3 is 2.83 bits per heavy atom. The summed E-state index contributed by atoms with van der Waals surface area (Å²) in [6.45, 7) is 6.75. The van der Waals surface area contributed by atoms with Crippen LogP contribution in [0, 0.1) is 12.8 Å². The Kier molecular flexibility index (Phi) is 3.62. The number of carbonyl (C=O) groups is 1. The van der Waals surface area contributed by atoms with Crippen molar-refractivity contribution in [1.82, 2.24) is 10.3 Å². The van der Waals surface area contributed by atoms with Crippen LogP contribution in [0.3, 0.4) is 0 Å². The first-order valence-corrected chi connectivity index (χ1v) is 6.43. The molecule has 0 bridgehead atoms. The van der Waals surface area contributed by atoms with E-state index in [-0.39, 0.29) is 5.91 Å². The van der Waals surface area contributed by atoms with E-state index in [4.69, 9.17) is 11.6 Å². The van der Waals surface area contributed by atoms with Crippen molar-refractivity contribution >= 4 is 28.4 Å². The number of nitrogens with one attached hydrogen (secondary N) is 2. The molecule has 1 heterocycles. The zero-order valence-electron chi connectivity index (χ0n) is 10.8. The summed E-state index contributed by atoms with van der Waals surface area (Å²) in [7, 11) is 0. The smallest absolute Gasteiger partial charge is 0.268 e. The topological polar surface area (TPSA) is 44.9 Å². The van der Waals surface area contributed by atoms with Gasteiger partial charge in [-0.2, -0.15) is 0 Å². The van der Waals surface area contributed by atoms with E-state index >= 15 is 0 Å². The molecule has 0 atom stereocenters. The van der Waals surface area contributed by atoms with Gasteiger partial charge in [0.15, 0.2) is 0 Å². The van der Waals surface area contributed by atoms with Crippen molar-refractivity contribution in [2.45, 2.75) is 20.8 Å². The summed E-state index contributed by atoms with van der Waals surface area (Å²) in [6, 6.07) is 5.60. The fourth-order valence-corrected chi connectivity index (χ4v) is 2.09. The van der Waals surface area contributed by atoms with Gasteiger partial charge in [0.2, 0.25) is 0 Å². The molecule has 0 spiro atoms. The van der Waals surface area contributed by atoms with Crippen molar-refractivity contribution in [1.29, 1.82) is 0 Å². The number of halogens is 1. The zero-order valence-corrected chi connectivity index (χ0v) is 11.6. The summed E-state index contributed by atoms with van der Waals surface area (Å²) in [5.74, 6) is 0.376. The largest absolute Gasteiger partial charge is 0.351 e. The Hall–Kier alpha value is -1.48. The van der Waals surface area contributed by atoms with E-state index in [0.29, 0.717) is 23.2 Å². The summed E-state index contributed by atoms with van der Waals surface area (Å²) in [5, 5.41) is 4.61. The molecule has 0 saturated carbocycles. The lowest BCUT2D eigenvalue weighted by Gasteiger charge is -2.06. The van der Waals surface area contributed by atoms with Crippen LogP contribution < -0.4 is 5.32 Å². The molecule has 0 aliphatic rings. The highest BCUT2D eigenvalue weighted by Crippen LogP contribution is 2.24. The van der Waals surface area contributed by atoms with Gasteiger partial charge in [-0.05, 0) is 30.5 Å². The molecule has 1 amide bonds. The van der Waals surface area contributed by atoms with Gasteiger partial charge in [-0.1, -0.05) is 31.5 Å². The van der Waals surface area contributed by atoms with E-state index in [0.717, 1.165) is 16.5 Å². The number of aryl methyl sites for hydroxylation is 1. The highest BCUT2D eigenvalue weighted by atomic mass is 35.5. The molecule has 0 aliphatic heterocycles. The molecule has 3 nitrogen and oxygen atoms in total. The first-order chi connectivity index (χ1) is 8.49. The summed E-state index contributed by atoms with van der Waals surface area (Å²) in [6.07, 6.45) is 0. The molecular weight excluding hydrogens is 248 g/mol. The van der Waals surface area contributed by atoms with Gasteiger partial charge in [0.05, 0.1) is 0 Å². The average Bonchev–Trinajstić information content (AvgIpc) is 2.63. The number of aromatic amines is 1. The molecule has 0 aliphatic carbocycles. The number of benzene rings is 1. The third-order valence-electron chi connectivity index (χ3n) is 2.92. The molecule has 1 aromatic carbocycles. The van der Waals surface area contributed by atoms with Gasteiger partial charge in [-0.25, -0.2) is 0 Å². The molecule has 0 radical (unpaired) electrons. The number of amides is 1. The van der Waals surface area contributed by atoms with Crippen LogP contribution >= 0.6 is 11.6 Å². The lowest BCUT2D eigenvalue weighted by atomic mass is 10.1. The van der Waals surface area contributed by atoms with Crippen molar-refractivity contribution in [3.8, 4) is 0 Å². The maximum absolute atomic E-state index is 12.0. The molecule has 96 valence electrons. The predicted molar refractivity (Wildman–Crippen MR) is 75.2 cm³/mol. The average molecular weight is 265 g/mol. The second-order valence-electron chi connectivity index (χ2n) is 4.92. The van der Waals surface area contributed by atoms with Crippen molar-refractivity contribution in [3.05, 3.63) is 34.5 Å². The Bertz CT molecular complexity index is 587. The summed E-state index contributed by atoms with van der Waals surface area (Å²) >= 11 is 5.94. The van der Waals surface area contributed by atoms with Crippen LogP contribution in [0.15, 0.2) is 18.2 Å². The highest BCUT2D eigenvalue weighted by Gasteiger charge is 2.14. The van der Waals surface area contributed by atoms with Gasteiger partial charge < -0.3 is 10.3 Å². The summed E-state index contributed by atoms with van der Waals surface area (Å²) in [5.41, 5.74) is 2.48. The van der Waals surface area contributed by atoms with Crippen LogP contribution in [-0.4, -0.2) is 17.4 Å². The third-order valence-corrected chi connectivity index (χ3v) is 3.15. The fraction of sp³-hybridized carbons (Fsp3) is 0.357. The van der Waals surface area contributed by atoms with Crippen LogP contribution in [0.1, 0.15) is 29.9 Å². The maximum Gasteiger partial charge on any atom is 0.268 e. The normalized spacial score (nSPS) is 11.2. The molecule has 1 aromatic heterocycles. The maximum atomic E-state index is 12.0. The molecule has 0 fully saturated rings. The molecule has 0 saturated heterocycles. The minimum absolute atomic E-state index is 0.0616. The van der Waals surface area contributed by atoms with Gasteiger partial charge in [-0.3, -0.25) is 4.79 Å². The second-order valence-corrected chi connectivity index (χ2v) is 5.36. The number of hydrogen-bond donors (Lipinski definition) is 2. The summed E-state index contributed by atoms with van der Waals surface area (Å²) in [4.78, 5) is 15.2. The van der Waals surface area contributed by atoms with Crippen LogP contribution in [0.4, 0.5) is 0 Å². The number of H-pyrrole nitrogens is 1. The minimum atomic E-state index is -0.0616. The summed E-state index contributed by atoms with van der Waals surface area (Å²) < 4.78 is 0. The van der Waals surface area contributed by atoms with Crippen LogP contribution in [0.25, 0.3) is 10.9 Å². The molecule has 2 rings (SSSR count). The van der Waals surface area contributed by atoms with Gasteiger partial charge >= 0.3 is 0 Å². The second kappa shape index (κ2) is 5.02. The van der Waals surface area contributed by atoms with Crippen LogP contribution in [0.2, 0.25) is 5.02 Å². The zero-order chi connectivity index (χ0) is 13.3. The SMILES string of the molecule is Cc1c(C(=O)NCC(C)C)[nH]c2cc(Cl)ccc12. The quantitative estimate of drug-likeness (QED) is 0.875. The van der Waals surface area contributed by atoms with E-state index in [1.54, 1.807) is 0 Å². The predicted octanol–water partition coefficient (Wildman–Crippen LogP) is 3.52. The fourth-order valence-electron chi connectivity index (χ4n) is 1.92. The third kappa shape index (κ3) is 2.51. The van der Waals surface area contributed by atoms with Gasteiger partial charge in [0.25, 0.3) is 5.91 Å². The Labute approximate surface area is 112 Å². The molecule has 2 aromatic rings. The van der Waals surface area contributed by atoms with Crippen molar-refractivity contribution in [2.24, 2.45) is 5.92 Å². The number of aromatic nitrogens is 1. The highest BCUT2D eigenvalue weighted by molar-refractivity contribution is 6.31. The van der Waals surface area contributed by atoms with Gasteiger partial charge in [0, 0.05) is 22.5 Å². The molecule has 18 heavy (non-hydrogen) atoms. The first-order valence-electron chi connectivity index (χ1n) is 6.05. The van der Waals surface area contributed by atoms with E-state index < -0.39 is 0 Å². The number of fused-ring (bicyclic) bond motifs is 1. The molecule has 2 N–H and O–H groups in total. The van der Waals surface area contributed by atoms with Gasteiger partial charge in [-0.15, -0.1) is 0 Å². The van der Waals surface area contributed by atoms with Crippen LogP contribution in [0.5, 0.6) is 0 Å². The number of carbonyl (C=O) groups excluding carboxylic acids is 1. The van der Waals surface area contributed by atoms with Crippen LogP contribution in [-0.2, 0) is 0 Å². The lowest BCUT2D eigenvalue weighted by molar-refractivity contribution is 0.0944. The van der Waals surface area contributed by atoms with Gasteiger partial charge in [0.1, 0.15) is 5.69 Å². The Balaban J connectivity index is 2.33. The molecule has 0 unspecified atom stereocenters. The Morgan fingerprint density at radius 2 is 2.17 bits per heavy atom. The minimum Gasteiger partial charge on any atom is -0.351 e. The van der Waals surface area contributed by atoms with E-state index in [1.807, 2.05) is 25.1 Å². The Morgan fingerprint density at radius 1 is 1.44 bits per heavy atom. The first kappa shape index (κ1) is 13.0. The van der Waals surface area contributed by atoms with E-state index in [2.05, 4.69) is 24.1 Å². The van der Waals surface area contributed by atoms with E-state index in [1.165, 1.54) is 0 Å². The van der Waals surface area contributed by atoms with E-state index in [9.17, 15) is 4.79 Å². The van der Waals surface area contributed by atoms with Crippen molar-refractivity contribution in [3.63, 3.8) is 0 Å². The van der Waals surface area contributed by atoms with Crippen molar-refractivity contribution < 1.29 is 4.79 Å². The molecular formula is C14H17ClN2O. The molecule has 4 heteroatoms. The number of rotatable bonds is 3. The lowest BCUT2D eigenvalue weighted by Crippen LogP contribution is -2.28.